The Morgan fingerprint density at radius 1 is 1.33 bits per heavy atom. The number of terminal acetylenes is 1. The van der Waals surface area contributed by atoms with Crippen molar-refractivity contribution in [1.82, 2.24) is 14.5 Å². The maximum absolute atomic E-state index is 12.3. The summed E-state index contributed by atoms with van der Waals surface area (Å²) in [6.07, 6.45) is 2.72. The van der Waals surface area contributed by atoms with E-state index in [1.165, 1.54) is 16.8 Å². The number of aromatic amines is 1. The van der Waals surface area contributed by atoms with Crippen molar-refractivity contribution in [2.24, 2.45) is 5.92 Å². The first-order valence-electron chi connectivity index (χ1n) is 9.54. The molecule has 17 nitrogen and oxygen atoms in total. The van der Waals surface area contributed by atoms with Gasteiger partial charge in [0.2, 0.25) is 5.95 Å². The third-order valence-electron chi connectivity index (χ3n) is 5.03. The Hall–Kier alpha value is -1.60. The van der Waals surface area contributed by atoms with Gasteiger partial charge < -0.3 is 39.7 Å². The fourth-order valence-corrected chi connectivity index (χ4v) is 7.25. The topological polar surface area (TPSA) is 266 Å². The van der Waals surface area contributed by atoms with Gasteiger partial charge in [-0.2, -0.15) is 13.6 Å². The van der Waals surface area contributed by atoms with Crippen LogP contribution in [0.4, 0.5) is 5.95 Å². The summed E-state index contributed by atoms with van der Waals surface area (Å²) in [4.78, 5) is 53.1. The first-order chi connectivity index (χ1) is 16.4. The number of phosphoric acid groups is 3. The smallest absolute Gasteiger partial charge is 0.396 e. The molecule has 0 radical (unpaired) electrons. The van der Waals surface area contributed by atoms with Gasteiger partial charge in [-0.05, 0) is 13.0 Å². The Morgan fingerprint density at radius 3 is 2.53 bits per heavy atom. The molecule has 0 aliphatic carbocycles. The Morgan fingerprint density at radius 2 is 1.97 bits per heavy atom. The SMILES string of the molecule is C#CC1(Cl)C(CO)[C@@H]([C@H](C)OP(=O)(O)OP(=O)(O)OP(=O)(O)O)O[C@H]1n1ccc2c(=O)[nH]c(N)nc21. The van der Waals surface area contributed by atoms with Gasteiger partial charge in [0, 0.05) is 12.1 Å². The summed E-state index contributed by atoms with van der Waals surface area (Å²) in [6, 6.07) is 1.37. The van der Waals surface area contributed by atoms with Crippen molar-refractivity contribution in [3.05, 3.63) is 22.6 Å². The van der Waals surface area contributed by atoms with Crippen LogP contribution in [-0.2, 0) is 31.6 Å². The summed E-state index contributed by atoms with van der Waals surface area (Å²) < 4.78 is 53.9. The molecule has 36 heavy (non-hydrogen) atoms. The molecule has 1 saturated heterocycles. The third-order valence-corrected chi connectivity index (χ3v) is 9.53. The molecule has 0 bridgehead atoms. The number of fused-ring (bicyclic) bond motifs is 1. The van der Waals surface area contributed by atoms with Gasteiger partial charge in [0.05, 0.1) is 24.2 Å². The van der Waals surface area contributed by atoms with Crippen LogP contribution in [-0.4, -0.2) is 62.9 Å². The van der Waals surface area contributed by atoms with Gasteiger partial charge in [0.25, 0.3) is 5.56 Å². The summed E-state index contributed by atoms with van der Waals surface area (Å²) in [5, 5.41) is 10.1. The van der Waals surface area contributed by atoms with Crippen molar-refractivity contribution in [1.29, 1.82) is 0 Å². The van der Waals surface area contributed by atoms with Gasteiger partial charge in [-0.1, -0.05) is 17.5 Å². The van der Waals surface area contributed by atoms with Crippen molar-refractivity contribution >= 4 is 52.1 Å². The van der Waals surface area contributed by atoms with E-state index in [4.69, 9.17) is 42.8 Å². The molecule has 3 rings (SSSR count). The lowest BCUT2D eigenvalue weighted by Crippen LogP contribution is -2.41. The monoisotopic (exact) mass is 592 g/mol. The zero-order valence-corrected chi connectivity index (χ0v) is 21.4. The van der Waals surface area contributed by atoms with Crippen LogP contribution in [0.5, 0.6) is 0 Å². The number of nitrogens with two attached hydrogens (primary N) is 1. The first-order valence-corrected chi connectivity index (χ1v) is 14.4. The Labute approximate surface area is 206 Å². The first kappa shape index (κ1) is 29.0. The minimum absolute atomic E-state index is 0.0133. The standard InChI is InChI=1S/C15H20ClN4O13P3/c1-3-15(16)9(6-21)10(7(2)31-35(26,27)33-36(28,29)32-34(23,24)25)30-13(15)20-5-4-8-11(20)18-14(17)19-12(8)22/h1,4-5,7,9-10,13,21H,6H2,2H3,(H,26,27)(H,28,29)(H2,23,24,25)(H3,17,18,19,22)/t7-,9?,10+,13+,15?/m0/s1. The number of nitrogen functional groups attached to an aromatic ring is 1. The predicted molar refractivity (Wildman–Crippen MR) is 121 cm³/mol. The van der Waals surface area contributed by atoms with Gasteiger partial charge in [-0.25, -0.2) is 13.7 Å². The average Bonchev–Trinajstić information content (AvgIpc) is 3.23. The summed E-state index contributed by atoms with van der Waals surface area (Å²) in [5.41, 5.74) is 5.05. The fourth-order valence-electron chi connectivity index (χ4n) is 3.70. The van der Waals surface area contributed by atoms with E-state index in [1.54, 1.807) is 0 Å². The number of aromatic nitrogens is 3. The quantitative estimate of drug-likeness (QED) is 0.116. The molecule has 4 unspecified atom stereocenters. The second kappa shape index (κ2) is 9.94. The number of phosphoric ester groups is 1. The molecule has 1 aliphatic heterocycles. The van der Waals surface area contributed by atoms with E-state index in [0.717, 1.165) is 6.92 Å². The molecule has 21 heteroatoms. The third kappa shape index (κ3) is 5.93. The number of hydrogen-bond donors (Lipinski definition) is 7. The van der Waals surface area contributed by atoms with Crippen LogP contribution in [0.25, 0.3) is 11.0 Å². The summed E-state index contributed by atoms with van der Waals surface area (Å²) >= 11 is 6.65. The molecule has 1 aliphatic rings. The number of aliphatic hydroxyl groups is 1. The predicted octanol–water partition coefficient (Wildman–Crippen LogP) is 0.155. The van der Waals surface area contributed by atoms with Gasteiger partial charge in [0.15, 0.2) is 16.7 Å². The number of ether oxygens (including phenoxy) is 1. The van der Waals surface area contributed by atoms with Crippen molar-refractivity contribution < 1.29 is 56.3 Å². The normalized spacial score (nSPS) is 28.9. The molecule has 0 spiro atoms. The van der Waals surface area contributed by atoms with Gasteiger partial charge in [-0.15, -0.1) is 6.42 Å². The lowest BCUT2D eigenvalue weighted by atomic mass is 9.87. The fraction of sp³-hybridized carbons (Fsp3) is 0.467. The largest absolute Gasteiger partial charge is 0.490 e. The highest BCUT2D eigenvalue weighted by atomic mass is 35.5. The van der Waals surface area contributed by atoms with Gasteiger partial charge in [-0.3, -0.25) is 14.3 Å². The molecule has 7 atom stereocenters. The highest BCUT2D eigenvalue weighted by Crippen LogP contribution is 2.67. The number of aliphatic hydroxyl groups excluding tert-OH is 1. The van der Waals surface area contributed by atoms with E-state index >= 15 is 0 Å². The summed E-state index contributed by atoms with van der Waals surface area (Å²) in [7, 11) is -16.9. The van der Waals surface area contributed by atoms with Crippen LogP contribution in [0.15, 0.2) is 17.1 Å². The zero-order chi connectivity index (χ0) is 27.3. The van der Waals surface area contributed by atoms with Crippen LogP contribution in [0, 0.1) is 18.3 Å². The molecule has 0 aromatic carbocycles. The second-order valence-corrected chi connectivity index (χ2v) is 12.5. The number of anilines is 1. The summed E-state index contributed by atoms with van der Waals surface area (Å²) in [6.45, 7) is 0.394. The van der Waals surface area contributed by atoms with Crippen LogP contribution in [0.2, 0.25) is 0 Å². The number of hydrogen-bond acceptors (Lipinski definition) is 11. The van der Waals surface area contributed by atoms with E-state index in [0.29, 0.717) is 0 Å². The Kier molecular flexibility index (Phi) is 7.99. The maximum Gasteiger partial charge on any atom is 0.490 e. The Balaban J connectivity index is 1.93. The van der Waals surface area contributed by atoms with E-state index in [1.807, 2.05) is 0 Å². The highest BCUT2D eigenvalue weighted by molar-refractivity contribution is 7.66. The van der Waals surface area contributed by atoms with Crippen molar-refractivity contribution in [3.63, 3.8) is 0 Å². The lowest BCUT2D eigenvalue weighted by molar-refractivity contribution is -0.0640. The van der Waals surface area contributed by atoms with Crippen LogP contribution in [0.3, 0.4) is 0 Å². The molecule has 8 N–H and O–H groups in total. The molecular formula is C15H20ClN4O13P3. The van der Waals surface area contributed by atoms with E-state index in [2.05, 4.69) is 24.5 Å². The van der Waals surface area contributed by atoms with Gasteiger partial charge in [0.1, 0.15) is 0 Å². The number of nitrogens with one attached hydrogen (secondary N) is 1. The van der Waals surface area contributed by atoms with Gasteiger partial charge >= 0.3 is 23.5 Å². The van der Waals surface area contributed by atoms with E-state index in [-0.39, 0.29) is 17.0 Å². The van der Waals surface area contributed by atoms with Crippen molar-refractivity contribution in [3.8, 4) is 12.3 Å². The second-order valence-electron chi connectivity index (χ2n) is 7.47. The average molecular weight is 593 g/mol. The molecule has 0 saturated carbocycles. The summed E-state index contributed by atoms with van der Waals surface area (Å²) in [5.74, 6) is 0.856. The van der Waals surface area contributed by atoms with Crippen molar-refractivity contribution in [2.45, 2.75) is 30.2 Å². The lowest BCUT2D eigenvalue weighted by Gasteiger charge is -2.29. The molecular weight excluding hydrogens is 573 g/mol. The minimum Gasteiger partial charge on any atom is -0.396 e. The molecule has 2 aromatic heterocycles. The molecule has 200 valence electrons. The zero-order valence-electron chi connectivity index (χ0n) is 17.9. The van der Waals surface area contributed by atoms with E-state index in [9.17, 15) is 33.4 Å². The molecule has 0 amide bonds. The number of halogens is 1. The van der Waals surface area contributed by atoms with Crippen LogP contribution < -0.4 is 11.3 Å². The van der Waals surface area contributed by atoms with Crippen molar-refractivity contribution in [2.75, 3.05) is 12.3 Å². The number of nitrogens with zero attached hydrogens (tertiary/aromatic N) is 2. The van der Waals surface area contributed by atoms with Crippen LogP contribution in [0.1, 0.15) is 13.2 Å². The van der Waals surface area contributed by atoms with E-state index < -0.39 is 64.9 Å². The maximum atomic E-state index is 12.3. The molecule has 3 heterocycles. The number of H-pyrrole nitrogens is 1. The van der Waals surface area contributed by atoms with Crippen LogP contribution >= 0.6 is 35.1 Å². The Bertz CT molecular complexity index is 1400. The number of rotatable bonds is 9. The molecule has 1 fully saturated rings. The number of alkyl halides is 1. The molecule has 2 aromatic rings. The highest BCUT2D eigenvalue weighted by Gasteiger charge is 2.58. The minimum atomic E-state index is -5.77.